The van der Waals surface area contributed by atoms with Gasteiger partial charge in [-0.05, 0) is 32.7 Å². The van der Waals surface area contributed by atoms with Crippen LogP contribution in [0.25, 0.3) is 0 Å². The summed E-state index contributed by atoms with van der Waals surface area (Å²) >= 11 is 0. The van der Waals surface area contributed by atoms with Crippen molar-refractivity contribution in [2.24, 2.45) is 0 Å². The van der Waals surface area contributed by atoms with Gasteiger partial charge in [-0.1, -0.05) is 13.3 Å². The maximum atomic E-state index is 11.5. The Morgan fingerprint density at radius 1 is 1.44 bits per heavy atom. The van der Waals surface area contributed by atoms with Crippen molar-refractivity contribution in [3.05, 3.63) is 0 Å². The topological polar surface area (TPSA) is 47.6 Å². The number of piperidine rings is 1. The summed E-state index contributed by atoms with van der Waals surface area (Å²) in [7, 11) is 0. The van der Waals surface area contributed by atoms with Gasteiger partial charge in [-0.2, -0.15) is 0 Å². The molecule has 16 heavy (non-hydrogen) atoms. The molecule has 0 aromatic carbocycles. The maximum absolute atomic E-state index is 11.5. The number of ether oxygens (including phenoxy) is 2. The zero-order valence-electron chi connectivity index (χ0n) is 10.3. The van der Waals surface area contributed by atoms with Crippen LogP contribution in [-0.4, -0.2) is 37.9 Å². The highest BCUT2D eigenvalue weighted by atomic mass is 16.6. The van der Waals surface area contributed by atoms with E-state index in [0.29, 0.717) is 25.7 Å². The Balaban J connectivity index is 2.24. The summed E-state index contributed by atoms with van der Waals surface area (Å²) in [5.41, 5.74) is 0. The molecule has 0 spiro atoms. The van der Waals surface area contributed by atoms with Gasteiger partial charge in [0.05, 0.1) is 13.2 Å². The van der Waals surface area contributed by atoms with Gasteiger partial charge < -0.3 is 14.8 Å². The van der Waals surface area contributed by atoms with Gasteiger partial charge in [-0.25, -0.2) is 4.79 Å². The molecule has 1 heterocycles. The molecular weight excluding hydrogens is 206 g/mol. The van der Waals surface area contributed by atoms with E-state index in [1.165, 1.54) is 12.8 Å². The highest BCUT2D eigenvalue weighted by Gasteiger charge is 2.21. The van der Waals surface area contributed by atoms with Crippen LogP contribution < -0.4 is 5.32 Å². The summed E-state index contributed by atoms with van der Waals surface area (Å²) in [6.45, 7) is 5.84. The third kappa shape index (κ3) is 4.49. The van der Waals surface area contributed by atoms with Crippen molar-refractivity contribution < 1.29 is 14.3 Å². The van der Waals surface area contributed by atoms with Crippen LogP contribution in [0.15, 0.2) is 0 Å². The van der Waals surface area contributed by atoms with Gasteiger partial charge in [0, 0.05) is 6.04 Å². The Labute approximate surface area is 97.7 Å². The maximum Gasteiger partial charge on any atom is 0.335 e. The number of carbonyl (C=O) groups is 1. The molecule has 0 bridgehead atoms. The van der Waals surface area contributed by atoms with E-state index < -0.39 is 6.10 Å². The average Bonchev–Trinajstić information content (AvgIpc) is 2.31. The Bertz CT molecular complexity index is 202. The van der Waals surface area contributed by atoms with Crippen molar-refractivity contribution in [2.45, 2.75) is 51.7 Å². The smallest absolute Gasteiger partial charge is 0.335 e. The first-order valence-corrected chi connectivity index (χ1v) is 6.29. The summed E-state index contributed by atoms with van der Waals surface area (Å²) in [5.74, 6) is -0.235. The van der Waals surface area contributed by atoms with E-state index in [1.54, 1.807) is 0 Å². The van der Waals surface area contributed by atoms with E-state index in [9.17, 15) is 4.79 Å². The summed E-state index contributed by atoms with van der Waals surface area (Å²) in [4.78, 5) is 11.5. The number of esters is 1. The predicted octanol–water partition coefficient (Wildman–Crippen LogP) is 1.49. The third-order valence-electron chi connectivity index (χ3n) is 2.83. The van der Waals surface area contributed by atoms with Gasteiger partial charge in [-0.15, -0.1) is 0 Å². The lowest BCUT2D eigenvalue weighted by molar-refractivity contribution is -0.157. The van der Waals surface area contributed by atoms with Crippen LogP contribution in [0.1, 0.15) is 39.5 Å². The minimum absolute atomic E-state index is 0.235. The zero-order valence-corrected chi connectivity index (χ0v) is 10.3. The molecule has 1 rings (SSSR count). The fraction of sp³-hybridized carbons (Fsp3) is 0.917. The van der Waals surface area contributed by atoms with Crippen LogP contribution in [0.5, 0.6) is 0 Å². The Morgan fingerprint density at radius 3 is 2.81 bits per heavy atom. The van der Waals surface area contributed by atoms with Crippen LogP contribution in [0, 0.1) is 0 Å². The lowest BCUT2D eigenvalue weighted by Gasteiger charge is -2.25. The normalized spacial score (nSPS) is 22.8. The van der Waals surface area contributed by atoms with Crippen LogP contribution in [0.3, 0.4) is 0 Å². The van der Waals surface area contributed by atoms with Crippen LogP contribution in [0.4, 0.5) is 0 Å². The molecule has 94 valence electrons. The summed E-state index contributed by atoms with van der Waals surface area (Å²) in [5, 5.41) is 3.39. The molecule has 0 aliphatic carbocycles. The molecule has 0 aromatic heterocycles. The van der Waals surface area contributed by atoms with Crippen LogP contribution in [-0.2, 0) is 14.3 Å². The van der Waals surface area contributed by atoms with Gasteiger partial charge >= 0.3 is 5.97 Å². The summed E-state index contributed by atoms with van der Waals surface area (Å²) in [6, 6.07) is 0.400. The molecule has 1 saturated heterocycles. The Morgan fingerprint density at radius 2 is 2.25 bits per heavy atom. The van der Waals surface area contributed by atoms with Gasteiger partial charge in [0.25, 0.3) is 0 Å². The van der Waals surface area contributed by atoms with Gasteiger partial charge in [0.1, 0.15) is 0 Å². The highest BCUT2D eigenvalue weighted by Crippen LogP contribution is 2.09. The van der Waals surface area contributed by atoms with Gasteiger partial charge in [0.15, 0.2) is 6.10 Å². The van der Waals surface area contributed by atoms with E-state index in [-0.39, 0.29) is 5.97 Å². The largest absolute Gasteiger partial charge is 0.464 e. The molecule has 4 nitrogen and oxygen atoms in total. The van der Waals surface area contributed by atoms with E-state index in [2.05, 4.69) is 5.32 Å². The Kier molecular flexibility index (Phi) is 6.42. The lowest BCUT2D eigenvalue weighted by Crippen LogP contribution is -2.40. The SMILES string of the molecule is CCOC(=O)C(CC)OCC1CCCCN1. The number of carbonyl (C=O) groups excluding carboxylic acids is 1. The lowest BCUT2D eigenvalue weighted by atomic mass is 10.1. The van der Waals surface area contributed by atoms with E-state index in [1.807, 2.05) is 13.8 Å². The van der Waals surface area contributed by atoms with Crippen molar-refractivity contribution in [1.82, 2.24) is 5.32 Å². The first kappa shape index (κ1) is 13.5. The molecule has 0 radical (unpaired) electrons. The molecule has 4 heteroatoms. The van der Waals surface area contributed by atoms with Crippen molar-refractivity contribution in [3.8, 4) is 0 Å². The minimum Gasteiger partial charge on any atom is -0.464 e. The molecule has 0 amide bonds. The summed E-state index contributed by atoms with van der Waals surface area (Å²) in [6.07, 6.45) is 3.90. The molecule has 0 saturated carbocycles. The van der Waals surface area contributed by atoms with Crippen molar-refractivity contribution in [1.29, 1.82) is 0 Å². The van der Waals surface area contributed by atoms with Gasteiger partial charge in [-0.3, -0.25) is 0 Å². The Hall–Kier alpha value is -0.610. The number of hydrogen-bond donors (Lipinski definition) is 1. The molecule has 2 unspecified atom stereocenters. The zero-order chi connectivity index (χ0) is 11.8. The van der Waals surface area contributed by atoms with Crippen molar-refractivity contribution in [2.75, 3.05) is 19.8 Å². The highest BCUT2D eigenvalue weighted by molar-refractivity contribution is 5.74. The second-order valence-corrected chi connectivity index (χ2v) is 4.13. The number of hydrogen-bond acceptors (Lipinski definition) is 4. The first-order chi connectivity index (χ1) is 7.77. The fourth-order valence-electron chi connectivity index (χ4n) is 1.89. The average molecular weight is 229 g/mol. The molecule has 2 atom stereocenters. The van der Waals surface area contributed by atoms with Gasteiger partial charge in [0.2, 0.25) is 0 Å². The molecule has 1 N–H and O–H groups in total. The molecule has 0 aromatic rings. The predicted molar refractivity (Wildman–Crippen MR) is 62.3 cm³/mol. The fourth-order valence-corrected chi connectivity index (χ4v) is 1.89. The van der Waals surface area contributed by atoms with Crippen LogP contribution >= 0.6 is 0 Å². The third-order valence-corrected chi connectivity index (χ3v) is 2.83. The molecule has 1 fully saturated rings. The second kappa shape index (κ2) is 7.63. The van der Waals surface area contributed by atoms with E-state index in [0.717, 1.165) is 13.0 Å². The second-order valence-electron chi connectivity index (χ2n) is 4.13. The van der Waals surface area contributed by atoms with E-state index in [4.69, 9.17) is 9.47 Å². The molecule has 1 aliphatic heterocycles. The van der Waals surface area contributed by atoms with Crippen LogP contribution in [0.2, 0.25) is 0 Å². The van der Waals surface area contributed by atoms with Crippen molar-refractivity contribution in [3.63, 3.8) is 0 Å². The first-order valence-electron chi connectivity index (χ1n) is 6.29. The van der Waals surface area contributed by atoms with E-state index >= 15 is 0 Å². The number of nitrogens with one attached hydrogen (secondary N) is 1. The quantitative estimate of drug-likeness (QED) is 0.701. The van der Waals surface area contributed by atoms with Crippen molar-refractivity contribution >= 4 is 5.97 Å². The standard InChI is InChI=1S/C12H23NO3/c1-3-11(12(14)15-4-2)16-9-10-7-5-6-8-13-10/h10-11,13H,3-9H2,1-2H3. The molecule has 1 aliphatic rings. The molecular formula is C12H23NO3. The summed E-state index contributed by atoms with van der Waals surface area (Å²) < 4.78 is 10.6. The minimum atomic E-state index is -0.399. The number of rotatable bonds is 6. The monoisotopic (exact) mass is 229 g/mol.